The summed E-state index contributed by atoms with van der Waals surface area (Å²) < 4.78 is 0. The Morgan fingerprint density at radius 1 is 1.29 bits per heavy atom. The Hall–Kier alpha value is -0.510. The van der Waals surface area contributed by atoms with Crippen LogP contribution in [0.2, 0.25) is 5.02 Å². The highest BCUT2D eigenvalue weighted by Crippen LogP contribution is 2.28. The Labute approximate surface area is 119 Å². The van der Waals surface area contributed by atoms with Gasteiger partial charge in [0.1, 0.15) is 0 Å². The molecule has 2 aromatic rings. The maximum atomic E-state index is 6.28. The van der Waals surface area contributed by atoms with Crippen LogP contribution in [0.1, 0.15) is 11.1 Å². The van der Waals surface area contributed by atoms with Crippen molar-refractivity contribution in [3.63, 3.8) is 0 Å². The lowest BCUT2D eigenvalue weighted by atomic mass is 10.2. The van der Waals surface area contributed by atoms with Crippen LogP contribution in [0.25, 0.3) is 0 Å². The van der Waals surface area contributed by atoms with E-state index in [0.29, 0.717) is 0 Å². The van der Waals surface area contributed by atoms with Gasteiger partial charge in [0.05, 0.1) is 10.7 Å². The minimum atomic E-state index is 0.805. The summed E-state index contributed by atoms with van der Waals surface area (Å²) in [6.45, 7) is 0.886. The van der Waals surface area contributed by atoms with Gasteiger partial charge in [-0.25, -0.2) is 0 Å². The molecular formula is C13H13BrClNS. The van der Waals surface area contributed by atoms with Gasteiger partial charge in [0, 0.05) is 18.9 Å². The molecule has 0 atom stereocenters. The first-order chi connectivity index (χ1) is 8.20. The van der Waals surface area contributed by atoms with Gasteiger partial charge in [-0.3, -0.25) is 0 Å². The normalized spacial score (nSPS) is 10.5. The molecule has 0 saturated carbocycles. The summed E-state index contributed by atoms with van der Waals surface area (Å²) >= 11 is 11.4. The van der Waals surface area contributed by atoms with Gasteiger partial charge in [-0.15, -0.1) is 0 Å². The van der Waals surface area contributed by atoms with Crippen LogP contribution in [-0.2, 0) is 11.9 Å². The second-order valence-electron chi connectivity index (χ2n) is 3.91. The van der Waals surface area contributed by atoms with Gasteiger partial charge in [-0.05, 0) is 40.1 Å². The Kier molecular flexibility index (Phi) is 4.48. The molecule has 0 radical (unpaired) electrons. The Bertz CT molecular complexity index is 484. The van der Waals surface area contributed by atoms with Crippen molar-refractivity contribution in [3.05, 3.63) is 51.2 Å². The zero-order valence-electron chi connectivity index (χ0n) is 9.49. The summed E-state index contributed by atoms with van der Waals surface area (Å²) in [6.07, 6.45) is 0. The van der Waals surface area contributed by atoms with Crippen molar-refractivity contribution in [3.8, 4) is 0 Å². The number of hydrogen-bond acceptors (Lipinski definition) is 2. The number of anilines is 1. The minimum absolute atomic E-state index is 0.805. The Morgan fingerprint density at radius 2 is 2.12 bits per heavy atom. The van der Waals surface area contributed by atoms with Gasteiger partial charge in [-0.1, -0.05) is 33.6 Å². The van der Waals surface area contributed by atoms with E-state index < -0.39 is 0 Å². The monoisotopic (exact) mass is 329 g/mol. The van der Waals surface area contributed by atoms with E-state index in [9.17, 15) is 0 Å². The lowest BCUT2D eigenvalue weighted by Gasteiger charge is -2.20. The summed E-state index contributed by atoms with van der Waals surface area (Å²) in [5.74, 6) is 0. The van der Waals surface area contributed by atoms with E-state index in [-0.39, 0.29) is 0 Å². The molecule has 0 unspecified atom stereocenters. The fourth-order valence-electron chi connectivity index (χ4n) is 1.68. The molecule has 0 aliphatic carbocycles. The Balaban J connectivity index is 2.16. The molecule has 0 N–H and O–H groups in total. The van der Waals surface area contributed by atoms with Crippen LogP contribution < -0.4 is 4.90 Å². The van der Waals surface area contributed by atoms with Crippen LogP contribution in [0.4, 0.5) is 5.69 Å². The van der Waals surface area contributed by atoms with Gasteiger partial charge in [-0.2, -0.15) is 11.3 Å². The predicted octanol–water partition coefficient (Wildman–Crippen LogP) is 4.93. The molecular weight excluding hydrogens is 318 g/mol. The molecule has 0 bridgehead atoms. The zero-order chi connectivity index (χ0) is 12.3. The summed E-state index contributed by atoms with van der Waals surface area (Å²) in [5.41, 5.74) is 3.59. The zero-order valence-corrected chi connectivity index (χ0v) is 12.6. The van der Waals surface area contributed by atoms with Gasteiger partial charge in [0.2, 0.25) is 0 Å². The molecule has 1 aromatic carbocycles. The smallest absolute Gasteiger partial charge is 0.0642 e. The molecule has 1 heterocycles. The molecule has 1 aromatic heterocycles. The molecule has 4 heteroatoms. The van der Waals surface area contributed by atoms with Crippen LogP contribution in [-0.4, -0.2) is 7.05 Å². The standard InChI is InChI=1S/C13H13BrClNS/c1-16(8-11-4-5-17-9-11)13-3-2-10(7-14)6-12(13)15/h2-6,9H,7-8H2,1H3. The van der Waals surface area contributed by atoms with E-state index in [1.165, 1.54) is 11.1 Å². The van der Waals surface area contributed by atoms with E-state index in [0.717, 1.165) is 22.6 Å². The van der Waals surface area contributed by atoms with Crippen LogP contribution >= 0.6 is 38.9 Å². The number of thiophene rings is 1. The highest BCUT2D eigenvalue weighted by molar-refractivity contribution is 9.08. The van der Waals surface area contributed by atoms with Crippen LogP contribution in [0.3, 0.4) is 0 Å². The van der Waals surface area contributed by atoms with Crippen molar-refractivity contribution < 1.29 is 0 Å². The average molecular weight is 331 g/mol. The van der Waals surface area contributed by atoms with Crippen molar-refractivity contribution in [2.24, 2.45) is 0 Å². The number of benzene rings is 1. The third-order valence-electron chi connectivity index (χ3n) is 2.58. The molecule has 1 nitrogen and oxygen atoms in total. The number of nitrogens with zero attached hydrogens (tertiary/aromatic N) is 1. The third kappa shape index (κ3) is 3.24. The molecule has 0 fully saturated rings. The third-order valence-corrected chi connectivity index (χ3v) is 4.26. The topological polar surface area (TPSA) is 3.24 Å². The Morgan fingerprint density at radius 3 is 2.71 bits per heavy atom. The largest absolute Gasteiger partial charge is 0.369 e. The second kappa shape index (κ2) is 5.89. The molecule has 0 amide bonds. The fourth-order valence-corrected chi connectivity index (χ4v) is 3.04. The number of rotatable bonds is 4. The van der Waals surface area contributed by atoms with Crippen LogP contribution in [0.5, 0.6) is 0 Å². The number of alkyl halides is 1. The second-order valence-corrected chi connectivity index (χ2v) is 5.66. The molecule has 0 aliphatic rings. The molecule has 0 aliphatic heterocycles. The van der Waals surface area contributed by atoms with Crippen molar-refractivity contribution in [1.82, 2.24) is 0 Å². The predicted molar refractivity (Wildman–Crippen MR) is 80.5 cm³/mol. The van der Waals surface area contributed by atoms with Gasteiger partial charge in [0.25, 0.3) is 0 Å². The molecule has 0 saturated heterocycles. The van der Waals surface area contributed by atoms with Crippen molar-refractivity contribution >= 4 is 44.6 Å². The van der Waals surface area contributed by atoms with Crippen LogP contribution in [0, 0.1) is 0 Å². The number of hydrogen-bond donors (Lipinski definition) is 0. The lowest BCUT2D eigenvalue weighted by Crippen LogP contribution is -2.16. The number of halogens is 2. The van der Waals surface area contributed by atoms with E-state index in [1.54, 1.807) is 11.3 Å². The first-order valence-electron chi connectivity index (χ1n) is 5.27. The molecule has 0 spiro atoms. The maximum absolute atomic E-state index is 6.28. The maximum Gasteiger partial charge on any atom is 0.0642 e. The summed E-state index contributed by atoms with van der Waals surface area (Å²) in [7, 11) is 2.06. The van der Waals surface area contributed by atoms with E-state index in [2.05, 4.69) is 56.8 Å². The van der Waals surface area contributed by atoms with E-state index in [1.807, 2.05) is 6.07 Å². The van der Waals surface area contributed by atoms with Gasteiger partial charge in [0.15, 0.2) is 0 Å². The van der Waals surface area contributed by atoms with E-state index in [4.69, 9.17) is 11.6 Å². The van der Waals surface area contributed by atoms with Gasteiger partial charge >= 0.3 is 0 Å². The molecule has 90 valence electrons. The highest BCUT2D eigenvalue weighted by atomic mass is 79.9. The van der Waals surface area contributed by atoms with Crippen molar-refractivity contribution in [1.29, 1.82) is 0 Å². The minimum Gasteiger partial charge on any atom is -0.369 e. The SMILES string of the molecule is CN(Cc1ccsc1)c1ccc(CBr)cc1Cl. The summed E-state index contributed by atoms with van der Waals surface area (Å²) in [4.78, 5) is 2.17. The first kappa shape index (κ1) is 12.9. The lowest BCUT2D eigenvalue weighted by molar-refractivity contribution is 0.927. The quantitative estimate of drug-likeness (QED) is 0.718. The van der Waals surface area contributed by atoms with Gasteiger partial charge < -0.3 is 4.90 Å². The summed E-state index contributed by atoms with van der Waals surface area (Å²) in [5, 5.41) is 5.90. The molecule has 2 rings (SSSR count). The van der Waals surface area contributed by atoms with Crippen molar-refractivity contribution in [2.75, 3.05) is 11.9 Å². The van der Waals surface area contributed by atoms with Crippen LogP contribution in [0.15, 0.2) is 35.0 Å². The first-order valence-corrected chi connectivity index (χ1v) is 7.71. The molecule has 17 heavy (non-hydrogen) atoms. The van der Waals surface area contributed by atoms with E-state index >= 15 is 0 Å². The summed E-state index contributed by atoms with van der Waals surface area (Å²) in [6, 6.07) is 8.32. The average Bonchev–Trinajstić information content (AvgIpc) is 2.81. The van der Waals surface area contributed by atoms with Crippen molar-refractivity contribution in [2.45, 2.75) is 11.9 Å². The fraction of sp³-hybridized carbons (Fsp3) is 0.231. The highest BCUT2D eigenvalue weighted by Gasteiger charge is 2.07.